The average molecular weight is 276 g/mol. The highest BCUT2D eigenvalue weighted by Crippen LogP contribution is 2.15. The molecule has 0 aliphatic heterocycles. The van der Waals surface area contributed by atoms with Crippen LogP contribution in [0.2, 0.25) is 24.7 Å². The molecule has 0 saturated heterocycles. The Bertz CT molecular complexity index is 498. The van der Waals surface area contributed by atoms with Crippen molar-refractivity contribution in [3.05, 3.63) is 53.7 Å². The van der Waals surface area contributed by atoms with Gasteiger partial charge in [0.1, 0.15) is 8.07 Å². The second kappa shape index (κ2) is 6.49. The summed E-state index contributed by atoms with van der Waals surface area (Å²) in [7, 11) is -1.37. The molecule has 1 rings (SSSR count). The third-order valence-electron chi connectivity index (χ3n) is 1.98. The van der Waals surface area contributed by atoms with Gasteiger partial charge in [-0.15, -0.1) is 5.54 Å². The van der Waals surface area contributed by atoms with E-state index in [1.165, 1.54) is 0 Å². The van der Waals surface area contributed by atoms with Crippen molar-refractivity contribution in [1.82, 2.24) is 0 Å². The van der Waals surface area contributed by atoms with Crippen LogP contribution >= 0.6 is 11.6 Å². The summed E-state index contributed by atoms with van der Waals surface area (Å²) in [6, 6.07) is 7.55. The molecule has 0 saturated carbocycles. The lowest BCUT2D eigenvalue weighted by atomic mass is 10.3. The Morgan fingerprint density at radius 1 is 1.28 bits per heavy atom. The quantitative estimate of drug-likeness (QED) is 0.479. The van der Waals surface area contributed by atoms with E-state index < -0.39 is 8.07 Å². The van der Waals surface area contributed by atoms with Gasteiger partial charge < -0.3 is 5.32 Å². The third-order valence-corrected chi connectivity index (χ3v) is 3.11. The molecule has 0 unspecified atom stereocenters. The summed E-state index contributed by atoms with van der Waals surface area (Å²) < 4.78 is 0. The Morgan fingerprint density at radius 3 is 2.39 bits per heavy atom. The van der Waals surface area contributed by atoms with Crippen LogP contribution in [0.15, 0.2) is 48.7 Å². The maximum Gasteiger partial charge on any atom is 0.129 e. The lowest BCUT2D eigenvalue weighted by Gasteiger charge is -2.07. The Morgan fingerprint density at radius 2 is 1.89 bits per heavy atom. The molecule has 94 valence electrons. The summed E-state index contributed by atoms with van der Waals surface area (Å²) in [5.41, 5.74) is 5.15. The molecule has 0 spiro atoms. The maximum absolute atomic E-state index is 5.85. The minimum absolute atomic E-state index is 0.725. The molecule has 0 aromatic heterocycles. The van der Waals surface area contributed by atoms with Gasteiger partial charge in [-0.25, -0.2) is 0 Å². The van der Waals surface area contributed by atoms with Gasteiger partial charge in [-0.2, -0.15) is 0 Å². The average Bonchev–Trinajstić information content (AvgIpc) is 2.28. The highest BCUT2D eigenvalue weighted by molar-refractivity contribution is 6.83. The summed E-state index contributed by atoms with van der Waals surface area (Å²) in [6.45, 7) is 10.4. The molecule has 0 fully saturated rings. The topological polar surface area (TPSA) is 12.0 Å². The smallest absolute Gasteiger partial charge is 0.129 e. The van der Waals surface area contributed by atoms with Gasteiger partial charge in [0.2, 0.25) is 0 Å². The van der Waals surface area contributed by atoms with E-state index >= 15 is 0 Å². The van der Waals surface area contributed by atoms with Crippen LogP contribution in [0.3, 0.4) is 0 Å². The standard InChI is InChI=1S/C15H18ClNSi/c1-5-6-14(11-12-18(2,3)4)17-15-9-7-13(16)8-10-15/h5-10,17H,1H2,2-4H3/b14-6-. The third kappa shape index (κ3) is 5.76. The molecule has 18 heavy (non-hydrogen) atoms. The largest absolute Gasteiger partial charge is 0.349 e. The van der Waals surface area contributed by atoms with Gasteiger partial charge in [0.15, 0.2) is 0 Å². The van der Waals surface area contributed by atoms with Crippen LogP contribution in [-0.2, 0) is 0 Å². The van der Waals surface area contributed by atoms with Gasteiger partial charge in [0, 0.05) is 10.7 Å². The number of benzene rings is 1. The van der Waals surface area contributed by atoms with Gasteiger partial charge in [0.25, 0.3) is 0 Å². The summed E-state index contributed by atoms with van der Waals surface area (Å²) in [5, 5.41) is 3.98. The lowest BCUT2D eigenvalue weighted by molar-refractivity contribution is 1.50. The lowest BCUT2D eigenvalue weighted by Crippen LogP contribution is -2.16. The predicted molar refractivity (Wildman–Crippen MR) is 84.5 cm³/mol. The first kappa shape index (κ1) is 14.6. The SMILES string of the molecule is C=C/C=C(/C#C[Si](C)(C)C)Nc1ccc(Cl)cc1. The Balaban J connectivity index is 2.87. The van der Waals surface area contributed by atoms with Crippen LogP contribution in [0.1, 0.15) is 0 Å². The Hall–Kier alpha value is -1.43. The van der Waals surface area contributed by atoms with Crippen LogP contribution < -0.4 is 5.32 Å². The van der Waals surface area contributed by atoms with Crippen molar-refractivity contribution in [3.63, 3.8) is 0 Å². The molecule has 0 aliphatic rings. The maximum atomic E-state index is 5.85. The van der Waals surface area contributed by atoms with Crippen LogP contribution in [0.25, 0.3) is 0 Å². The first-order valence-electron chi connectivity index (χ1n) is 5.79. The number of nitrogens with one attached hydrogen (secondary N) is 1. The zero-order valence-electron chi connectivity index (χ0n) is 11.0. The fourth-order valence-electron chi connectivity index (χ4n) is 1.18. The summed E-state index contributed by atoms with van der Waals surface area (Å²) >= 11 is 5.85. The fourth-order valence-corrected chi connectivity index (χ4v) is 1.81. The second-order valence-electron chi connectivity index (χ2n) is 4.95. The number of anilines is 1. The Labute approximate surface area is 116 Å². The number of halogens is 1. The number of hydrogen-bond donors (Lipinski definition) is 1. The molecule has 0 radical (unpaired) electrons. The molecule has 0 atom stereocenters. The predicted octanol–water partition coefficient (Wildman–Crippen LogP) is 4.70. The number of hydrogen-bond acceptors (Lipinski definition) is 1. The van der Waals surface area contributed by atoms with Crippen LogP contribution in [0, 0.1) is 11.5 Å². The van der Waals surface area contributed by atoms with Crippen molar-refractivity contribution in [1.29, 1.82) is 0 Å². The zero-order valence-corrected chi connectivity index (χ0v) is 12.8. The molecule has 1 aromatic carbocycles. The minimum Gasteiger partial charge on any atom is -0.349 e. The van der Waals surface area contributed by atoms with Gasteiger partial charge >= 0.3 is 0 Å². The van der Waals surface area contributed by atoms with Crippen LogP contribution in [0.4, 0.5) is 5.69 Å². The second-order valence-corrected chi connectivity index (χ2v) is 10.1. The molecular formula is C15H18ClNSi. The summed E-state index contributed by atoms with van der Waals surface area (Å²) in [6.07, 6.45) is 3.61. The van der Waals surface area contributed by atoms with Crippen LogP contribution in [-0.4, -0.2) is 8.07 Å². The van der Waals surface area contributed by atoms with Crippen LogP contribution in [0.5, 0.6) is 0 Å². The van der Waals surface area contributed by atoms with E-state index in [9.17, 15) is 0 Å². The van der Waals surface area contributed by atoms with Crippen molar-refractivity contribution in [2.45, 2.75) is 19.6 Å². The van der Waals surface area contributed by atoms with E-state index in [0.29, 0.717) is 0 Å². The number of allylic oxidation sites excluding steroid dienone is 3. The molecule has 1 N–H and O–H groups in total. The molecule has 0 amide bonds. The van der Waals surface area contributed by atoms with Crippen molar-refractivity contribution < 1.29 is 0 Å². The van der Waals surface area contributed by atoms with E-state index in [0.717, 1.165) is 16.4 Å². The number of rotatable bonds is 3. The van der Waals surface area contributed by atoms with E-state index in [-0.39, 0.29) is 0 Å². The van der Waals surface area contributed by atoms with Gasteiger partial charge in [-0.1, -0.05) is 49.8 Å². The normalized spacial score (nSPS) is 11.4. The zero-order chi connectivity index (χ0) is 13.6. The summed E-state index contributed by atoms with van der Waals surface area (Å²) in [4.78, 5) is 0. The van der Waals surface area contributed by atoms with Gasteiger partial charge in [-0.05, 0) is 30.3 Å². The molecule has 0 heterocycles. The molecule has 0 bridgehead atoms. The first-order chi connectivity index (χ1) is 8.40. The van der Waals surface area contributed by atoms with E-state index in [2.05, 4.69) is 43.0 Å². The highest BCUT2D eigenvalue weighted by atomic mass is 35.5. The van der Waals surface area contributed by atoms with E-state index in [1.807, 2.05) is 30.3 Å². The molecular weight excluding hydrogens is 258 g/mol. The van der Waals surface area contributed by atoms with Crippen molar-refractivity contribution in [3.8, 4) is 11.5 Å². The minimum atomic E-state index is -1.37. The summed E-state index contributed by atoms with van der Waals surface area (Å²) in [5.74, 6) is 3.18. The monoisotopic (exact) mass is 275 g/mol. The fraction of sp³-hybridized carbons (Fsp3) is 0.200. The molecule has 0 aliphatic carbocycles. The van der Waals surface area contributed by atoms with E-state index in [4.69, 9.17) is 11.6 Å². The van der Waals surface area contributed by atoms with Crippen molar-refractivity contribution >= 4 is 25.4 Å². The Kier molecular flexibility index (Phi) is 5.27. The molecule has 3 heteroatoms. The van der Waals surface area contributed by atoms with Gasteiger partial charge in [-0.3, -0.25) is 0 Å². The first-order valence-corrected chi connectivity index (χ1v) is 9.67. The van der Waals surface area contributed by atoms with Crippen molar-refractivity contribution in [2.75, 3.05) is 5.32 Å². The highest BCUT2D eigenvalue weighted by Gasteiger charge is 2.07. The molecule has 1 nitrogen and oxygen atoms in total. The van der Waals surface area contributed by atoms with Crippen molar-refractivity contribution in [2.24, 2.45) is 0 Å². The van der Waals surface area contributed by atoms with Gasteiger partial charge in [0.05, 0.1) is 5.70 Å². The van der Waals surface area contributed by atoms with E-state index in [1.54, 1.807) is 6.08 Å². The molecule has 1 aromatic rings.